The first-order chi connectivity index (χ1) is 10.0. The van der Waals surface area contributed by atoms with E-state index in [0.29, 0.717) is 0 Å². The first-order valence-electron chi connectivity index (χ1n) is 8.15. The molecule has 2 aromatic carbocycles. The molecule has 0 N–H and O–H groups in total. The lowest BCUT2D eigenvalue weighted by molar-refractivity contribution is 1.09. The standard InChI is InChI=1S/C16H18.C3H8.C2H6/c1-11-8-9-15(10-13(11)3)16-7-5-6-12(2)14(16)4;1-3-2;1-2/h5-10H,1-4H3;3H2,1-2H3;1-2H3. The summed E-state index contributed by atoms with van der Waals surface area (Å²) in [6, 6.07) is 13.2. The molecule has 21 heavy (non-hydrogen) atoms. The fourth-order valence-corrected chi connectivity index (χ4v) is 1.97. The van der Waals surface area contributed by atoms with Gasteiger partial charge in [0.15, 0.2) is 0 Å². The topological polar surface area (TPSA) is 0 Å². The smallest absolute Gasteiger partial charge is 0.0152 e. The third-order valence-electron chi connectivity index (χ3n) is 3.42. The van der Waals surface area contributed by atoms with Gasteiger partial charge in [-0.15, -0.1) is 0 Å². The normalized spacial score (nSPS) is 9.14. The molecule has 0 radical (unpaired) electrons. The second kappa shape index (κ2) is 10.2. The van der Waals surface area contributed by atoms with E-state index in [-0.39, 0.29) is 0 Å². The van der Waals surface area contributed by atoms with Gasteiger partial charge in [0.25, 0.3) is 0 Å². The van der Waals surface area contributed by atoms with Gasteiger partial charge < -0.3 is 0 Å². The summed E-state index contributed by atoms with van der Waals surface area (Å²) in [6.45, 7) is 16.9. The van der Waals surface area contributed by atoms with Gasteiger partial charge in [-0.2, -0.15) is 0 Å². The molecule has 0 unspecified atom stereocenters. The van der Waals surface area contributed by atoms with Crippen molar-refractivity contribution in [3.63, 3.8) is 0 Å². The van der Waals surface area contributed by atoms with E-state index >= 15 is 0 Å². The molecule has 0 amide bonds. The highest BCUT2D eigenvalue weighted by Crippen LogP contribution is 2.26. The molecule has 0 aromatic heterocycles. The Bertz CT molecular complexity index is 536. The van der Waals surface area contributed by atoms with E-state index < -0.39 is 0 Å². The molecule has 0 aliphatic heterocycles. The summed E-state index contributed by atoms with van der Waals surface area (Å²) in [5.74, 6) is 0. The third kappa shape index (κ3) is 5.75. The van der Waals surface area contributed by atoms with E-state index in [4.69, 9.17) is 0 Å². The molecular weight excluding hydrogens is 252 g/mol. The zero-order valence-electron chi connectivity index (χ0n) is 15.2. The summed E-state index contributed by atoms with van der Waals surface area (Å²) in [4.78, 5) is 0. The second-order valence-electron chi connectivity index (χ2n) is 5.25. The molecule has 2 rings (SSSR count). The van der Waals surface area contributed by atoms with Crippen molar-refractivity contribution in [2.45, 2.75) is 61.8 Å². The van der Waals surface area contributed by atoms with Crippen LogP contribution in [-0.4, -0.2) is 0 Å². The van der Waals surface area contributed by atoms with Crippen LogP contribution in [0.1, 0.15) is 56.4 Å². The molecule has 2 aromatic rings. The SMILES string of the molecule is CC.CCC.Cc1ccc(-c2cccc(C)c2C)cc1C. The average molecular weight is 284 g/mol. The van der Waals surface area contributed by atoms with Crippen LogP contribution in [-0.2, 0) is 0 Å². The number of hydrogen-bond acceptors (Lipinski definition) is 0. The average Bonchev–Trinajstić information content (AvgIpc) is 2.48. The quantitative estimate of drug-likeness (QED) is 0.527. The van der Waals surface area contributed by atoms with Gasteiger partial charge in [-0.3, -0.25) is 0 Å². The molecule has 0 bridgehead atoms. The van der Waals surface area contributed by atoms with E-state index in [0.717, 1.165) is 0 Å². The van der Waals surface area contributed by atoms with Gasteiger partial charge in [0, 0.05) is 0 Å². The predicted octanol–water partition coefficient (Wildman–Crippen LogP) is 7.03. The summed E-state index contributed by atoms with van der Waals surface area (Å²) in [6.07, 6.45) is 1.25. The fraction of sp³-hybridized carbons (Fsp3) is 0.429. The van der Waals surface area contributed by atoms with Crippen molar-refractivity contribution < 1.29 is 0 Å². The molecule has 0 heteroatoms. The highest BCUT2D eigenvalue weighted by molar-refractivity contribution is 5.69. The Labute approximate surface area is 132 Å². The van der Waals surface area contributed by atoms with E-state index in [2.05, 4.69) is 77.9 Å². The van der Waals surface area contributed by atoms with Crippen LogP contribution in [0, 0.1) is 27.7 Å². The van der Waals surface area contributed by atoms with Crippen LogP contribution in [0.15, 0.2) is 36.4 Å². The van der Waals surface area contributed by atoms with Crippen molar-refractivity contribution in [2.24, 2.45) is 0 Å². The Morgan fingerprint density at radius 2 is 1.29 bits per heavy atom. The molecule has 0 atom stereocenters. The third-order valence-corrected chi connectivity index (χ3v) is 3.42. The lowest BCUT2D eigenvalue weighted by Crippen LogP contribution is -1.88. The monoisotopic (exact) mass is 284 g/mol. The summed E-state index contributed by atoms with van der Waals surface area (Å²) >= 11 is 0. The largest absolute Gasteiger partial charge is 0.0683 e. The van der Waals surface area contributed by atoms with Crippen molar-refractivity contribution >= 4 is 0 Å². The van der Waals surface area contributed by atoms with Crippen molar-refractivity contribution in [2.75, 3.05) is 0 Å². The lowest BCUT2D eigenvalue weighted by Gasteiger charge is -2.10. The van der Waals surface area contributed by atoms with Gasteiger partial charge in [-0.25, -0.2) is 0 Å². The summed E-state index contributed by atoms with van der Waals surface area (Å²) in [5.41, 5.74) is 8.13. The molecular formula is C21H32. The van der Waals surface area contributed by atoms with E-state index in [1.54, 1.807) is 0 Å². The first kappa shape index (κ1) is 19.4. The van der Waals surface area contributed by atoms with Gasteiger partial charge >= 0.3 is 0 Å². The number of rotatable bonds is 1. The molecule has 0 saturated carbocycles. The Hall–Kier alpha value is -1.56. The maximum Gasteiger partial charge on any atom is -0.0152 e. The van der Waals surface area contributed by atoms with Gasteiger partial charge in [0.1, 0.15) is 0 Å². The van der Waals surface area contributed by atoms with Crippen molar-refractivity contribution in [1.82, 2.24) is 0 Å². The van der Waals surface area contributed by atoms with E-state index in [1.165, 1.54) is 39.8 Å². The maximum absolute atomic E-state index is 2.27. The lowest BCUT2D eigenvalue weighted by atomic mass is 9.95. The molecule has 0 nitrogen and oxygen atoms in total. The van der Waals surface area contributed by atoms with Crippen molar-refractivity contribution in [3.8, 4) is 11.1 Å². The molecule has 0 fully saturated rings. The van der Waals surface area contributed by atoms with E-state index in [1.807, 2.05) is 13.8 Å². The molecule has 0 saturated heterocycles. The van der Waals surface area contributed by atoms with Crippen LogP contribution in [0.3, 0.4) is 0 Å². The summed E-state index contributed by atoms with van der Waals surface area (Å²) in [7, 11) is 0. The van der Waals surface area contributed by atoms with E-state index in [9.17, 15) is 0 Å². The Balaban J connectivity index is 0.000000713. The number of benzene rings is 2. The van der Waals surface area contributed by atoms with Crippen LogP contribution in [0.2, 0.25) is 0 Å². The van der Waals surface area contributed by atoms with Crippen LogP contribution < -0.4 is 0 Å². The zero-order chi connectivity index (χ0) is 16.4. The van der Waals surface area contributed by atoms with Crippen molar-refractivity contribution in [3.05, 3.63) is 58.7 Å². The number of hydrogen-bond donors (Lipinski definition) is 0. The van der Waals surface area contributed by atoms with Gasteiger partial charge in [0.2, 0.25) is 0 Å². The van der Waals surface area contributed by atoms with Gasteiger partial charge in [-0.05, 0) is 61.1 Å². The van der Waals surface area contributed by atoms with Crippen LogP contribution in [0.4, 0.5) is 0 Å². The molecule has 0 aliphatic rings. The van der Waals surface area contributed by atoms with Gasteiger partial charge in [0.05, 0.1) is 0 Å². The summed E-state index contributed by atoms with van der Waals surface area (Å²) in [5, 5.41) is 0. The Kier molecular flexibility index (Phi) is 9.45. The minimum atomic E-state index is 1.25. The minimum Gasteiger partial charge on any atom is -0.0683 e. The highest BCUT2D eigenvalue weighted by Gasteiger charge is 2.04. The molecule has 0 aliphatic carbocycles. The predicted molar refractivity (Wildman–Crippen MR) is 98.1 cm³/mol. The van der Waals surface area contributed by atoms with Crippen LogP contribution in [0.5, 0.6) is 0 Å². The second-order valence-corrected chi connectivity index (χ2v) is 5.25. The summed E-state index contributed by atoms with van der Waals surface area (Å²) < 4.78 is 0. The number of aryl methyl sites for hydroxylation is 3. The molecule has 116 valence electrons. The van der Waals surface area contributed by atoms with Crippen molar-refractivity contribution in [1.29, 1.82) is 0 Å². The minimum absolute atomic E-state index is 1.25. The maximum atomic E-state index is 2.27. The first-order valence-corrected chi connectivity index (χ1v) is 8.15. The highest BCUT2D eigenvalue weighted by atomic mass is 14.1. The zero-order valence-corrected chi connectivity index (χ0v) is 15.2. The Morgan fingerprint density at radius 3 is 1.81 bits per heavy atom. The Morgan fingerprint density at radius 1 is 0.714 bits per heavy atom. The van der Waals surface area contributed by atoms with Crippen LogP contribution in [0.25, 0.3) is 11.1 Å². The van der Waals surface area contributed by atoms with Crippen LogP contribution >= 0.6 is 0 Å². The van der Waals surface area contributed by atoms with Gasteiger partial charge in [-0.1, -0.05) is 70.5 Å². The molecule has 0 spiro atoms. The molecule has 0 heterocycles. The fourth-order valence-electron chi connectivity index (χ4n) is 1.97.